The molecule has 1 heterocycles. The van der Waals surface area contributed by atoms with Gasteiger partial charge >= 0.3 is 0 Å². The molecule has 4 rings (SSSR count). The second-order valence-corrected chi connectivity index (χ2v) is 9.26. The molecule has 0 bridgehead atoms. The number of nitrogens with zero attached hydrogens (tertiary/aromatic N) is 1. The summed E-state index contributed by atoms with van der Waals surface area (Å²) in [6.07, 6.45) is 0.978. The highest BCUT2D eigenvalue weighted by atomic mass is 16.5. The Bertz CT molecular complexity index is 1290. The number of hydrogen-bond donors (Lipinski definition) is 2. The summed E-state index contributed by atoms with van der Waals surface area (Å²) in [5.74, 6) is 0.357. The third kappa shape index (κ3) is 6.51. The summed E-state index contributed by atoms with van der Waals surface area (Å²) < 4.78 is 10.8. The van der Waals surface area contributed by atoms with E-state index in [2.05, 4.69) is 10.6 Å². The Hall–Kier alpha value is -4.33. The van der Waals surface area contributed by atoms with Crippen molar-refractivity contribution in [2.45, 2.75) is 33.2 Å². The molecule has 3 amide bonds. The molecule has 1 saturated heterocycles. The number of amides is 3. The van der Waals surface area contributed by atoms with E-state index in [1.807, 2.05) is 56.3 Å². The second-order valence-electron chi connectivity index (χ2n) is 9.26. The highest BCUT2D eigenvalue weighted by molar-refractivity contribution is 6.00. The molecule has 198 valence electrons. The van der Waals surface area contributed by atoms with E-state index in [-0.39, 0.29) is 30.7 Å². The van der Waals surface area contributed by atoms with Gasteiger partial charge in [0.2, 0.25) is 11.8 Å². The Labute approximate surface area is 222 Å². The van der Waals surface area contributed by atoms with Crippen molar-refractivity contribution in [3.8, 4) is 11.5 Å². The average molecular weight is 516 g/mol. The first-order valence-electron chi connectivity index (χ1n) is 12.7. The Balaban J connectivity index is 1.27. The molecule has 3 aromatic rings. The monoisotopic (exact) mass is 515 g/mol. The van der Waals surface area contributed by atoms with Crippen LogP contribution in [0, 0.1) is 12.8 Å². The fourth-order valence-corrected chi connectivity index (χ4v) is 4.46. The van der Waals surface area contributed by atoms with Gasteiger partial charge in [-0.1, -0.05) is 37.3 Å². The molecule has 1 aliphatic rings. The lowest BCUT2D eigenvalue weighted by molar-refractivity contribution is -0.126. The number of benzene rings is 3. The molecule has 0 saturated carbocycles. The molecule has 3 aromatic carbocycles. The minimum Gasteiger partial charge on any atom is -0.497 e. The van der Waals surface area contributed by atoms with Crippen LogP contribution in [0.1, 0.15) is 30.0 Å². The van der Waals surface area contributed by atoms with Crippen LogP contribution >= 0.6 is 0 Å². The summed E-state index contributed by atoms with van der Waals surface area (Å²) in [5, 5.41) is 5.86. The van der Waals surface area contributed by atoms with E-state index < -0.39 is 5.92 Å². The van der Waals surface area contributed by atoms with Crippen LogP contribution in [0.2, 0.25) is 0 Å². The molecule has 0 aromatic heterocycles. The van der Waals surface area contributed by atoms with Crippen LogP contribution in [0.3, 0.4) is 0 Å². The molecular formula is C30H33N3O5. The smallest absolute Gasteiger partial charge is 0.262 e. The summed E-state index contributed by atoms with van der Waals surface area (Å²) >= 11 is 0. The van der Waals surface area contributed by atoms with Gasteiger partial charge in [-0.25, -0.2) is 0 Å². The van der Waals surface area contributed by atoms with Crippen LogP contribution in [0.15, 0.2) is 66.7 Å². The van der Waals surface area contributed by atoms with Gasteiger partial charge in [0.15, 0.2) is 6.61 Å². The topological polar surface area (TPSA) is 97.0 Å². The largest absolute Gasteiger partial charge is 0.497 e. The second kappa shape index (κ2) is 12.3. The number of rotatable bonds is 10. The van der Waals surface area contributed by atoms with Crippen molar-refractivity contribution in [3.63, 3.8) is 0 Å². The molecule has 1 aliphatic heterocycles. The van der Waals surface area contributed by atoms with Crippen molar-refractivity contribution < 1.29 is 23.9 Å². The van der Waals surface area contributed by atoms with Crippen molar-refractivity contribution in [3.05, 3.63) is 83.4 Å². The third-order valence-electron chi connectivity index (χ3n) is 6.64. The molecule has 2 N–H and O–H groups in total. The predicted molar refractivity (Wildman–Crippen MR) is 146 cm³/mol. The predicted octanol–water partition coefficient (Wildman–Crippen LogP) is 4.25. The summed E-state index contributed by atoms with van der Waals surface area (Å²) in [7, 11) is 1.61. The molecule has 0 aliphatic carbocycles. The first-order valence-corrected chi connectivity index (χ1v) is 12.7. The van der Waals surface area contributed by atoms with E-state index in [0.717, 1.165) is 34.5 Å². The molecule has 0 spiro atoms. The summed E-state index contributed by atoms with van der Waals surface area (Å²) in [5.41, 5.74) is 4.55. The van der Waals surface area contributed by atoms with Crippen LogP contribution in [-0.2, 0) is 27.3 Å². The number of aryl methyl sites for hydroxylation is 2. The number of carbonyl (C=O) groups excluding carboxylic acids is 3. The maximum absolute atomic E-state index is 12.7. The van der Waals surface area contributed by atoms with Gasteiger partial charge in [0.1, 0.15) is 11.5 Å². The average Bonchev–Trinajstić information content (AvgIpc) is 3.33. The lowest BCUT2D eigenvalue weighted by Crippen LogP contribution is -2.32. The number of anilines is 2. The molecule has 1 unspecified atom stereocenters. The van der Waals surface area contributed by atoms with Gasteiger partial charge in [-0.3, -0.25) is 14.4 Å². The minimum atomic E-state index is -0.421. The third-order valence-corrected chi connectivity index (χ3v) is 6.64. The van der Waals surface area contributed by atoms with Crippen molar-refractivity contribution >= 4 is 29.1 Å². The normalized spacial score (nSPS) is 14.8. The highest BCUT2D eigenvalue weighted by Crippen LogP contribution is 2.27. The van der Waals surface area contributed by atoms with Crippen LogP contribution in [0.25, 0.3) is 0 Å². The van der Waals surface area contributed by atoms with Crippen LogP contribution in [0.5, 0.6) is 11.5 Å². The SMILES string of the molecule is CCc1cccc(C)c1NC(=O)COc1ccc(N2CC(C(=O)NCc3ccc(OC)cc3)CC2=O)cc1. The zero-order chi connectivity index (χ0) is 27.1. The fraction of sp³-hybridized carbons (Fsp3) is 0.300. The molecule has 1 fully saturated rings. The van der Waals surface area contributed by atoms with E-state index in [0.29, 0.717) is 24.5 Å². The van der Waals surface area contributed by atoms with Gasteiger partial charge in [-0.15, -0.1) is 0 Å². The van der Waals surface area contributed by atoms with E-state index in [1.54, 1.807) is 36.3 Å². The maximum Gasteiger partial charge on any atom is 0.262 e. The van der Waals surface area contributed by atoms with Gasteiger partial charge in [0, 0.05) is 30.9 Å². The first-order chi connectivity index (χ1) is 18.4. The van der Waals surface area contributed by atoms with Crippen LogP contribution in [0.4, 0.5) is 11.4 Å². The number of para-hydroxylation sites is 1. The number of carbonyl (C=O) groups is 3. The summed E-state index contributed by atoms with van der Waals surface area (Å²) in [4.78, 5) is 39.4. The van der Waals surface area contributed by atoms with Crippen molar-refractivity contribution in [1.29, 1.82) is 0 Å². The van der Waals surface area contributed by atoms with Crippen molar-refractivity contribution in [2.24, 2.45) is 5.92 Å². The van der Waals surface area contributed by atoms with Crippen molar-refractivity contribution in [2.75, 3.05) is 30.5 Å². The first kappa shape index (κ1) is 26.7. The van der Waals surface area contributed by atoms with E-state index in [9.17, 15) is 14.4 Å². The minimum absolute atomic E-state index is 0.104. The fourth-order valence-electron chi connectivity index (χ4n) is 4.46. The molecular weight excluding hydrogens is 482 g/mol. The van der Waals surface area contributed by atoms with E-state index >= 15 is 0 Å². The van der Waals surface area contributed by atoms with Crippen LogP contribution < -0.4 is 25.0 Å². The lowest BCUT2D eigenvalue weighted by atomic mass is 10.1. The number of hydrogen-bond acceptors (Lipinski definition) is 5. The molecule has 38 heavy (non-hydrogen) atoms. The maximum atomic E-state index is 12.7. The van der Waals surface area contributed by atoms with Gasteiger partial charge in [0.25, 0.3) is 5.91 Å². The van der Waals surface area contributed by atoms with E-state index in [1.165, 1.54) is 0 Å². The highest BCUT2D eigenvalue weighted by Gasteiger charge is 2.35. The van der Waals surface area contributed by atoms with Gasteiger partial charge < -0.3 is 25.0 Å². The number of nitrogens with one attached hydrogen (secondary N) is 2. The van der Waals surface area contributed by atoms with Gasteiger partial charge in [-0.05, 0) is 66.4 Å². The molecule has 1 atom stereocenters. The Kier molecular flexibility index (Phi) is 8.63. The van der Waals surface area contributed by atoms with E-state index in [4.69, 9.17) is 9.47 Å². The Morgan fingerprint density at radius 2 is 1.71 bits per heavy atom. The van der Waals surface area contributed by atoms with Crippen molar-refractivity contribution in [1.82, 2.24) is 5.32 Å². The summed E-state index contributed by atoms with van der Waals surface area (Å²) in [6, 6.07) is 20.4. The number of methoxy groups -OCH3 is 1. The zero-order valence-corrected chi connectivity index (χ0v) is 22.0. The number of ether oxygens (including phenoxy) is 2. The Morgan fingerprint density at radius 3 is 2.39 bits per heavy atom. The molecule has 8 heteroatoms. The quantitative estimate of drug-likeness (QED) is 0.421. The van der Waals surface area contributed by atoms with Gasteiger partial charge in [-0.2, -0.15) is 0 Å². The van der Waals surface area contributed by atoms with Gasteiger partial charge in [0.05, 0.1) is 13.0 Å². The Morgan fingerprint density at radius 1 is 1.00 bits per heavy atom. The van der Waals surface area contributed by atoms with Crippen LogP contribution in [-0.4, -0.2) is 38.0 Å². The standard InChI is InChI=1S/C30H33N3O5/c1-4-22-7-5-6-20(2)29(22)32-27(34)19-38-26-14-10-24(11-15-26)33-18-23(16-28(33)35)30(36)31-17-21-8-12-25(37-3)13-9-21/h5-15,23H,4,16-19H2,1-3H3,(H,31,36)(H,32,34). The lowest BCUT2D eigenvalue weighted by Gasteiger charge is -2.17. The molecule has 0 radical (unpaired) electrons. The molecule has 8 nitrogen and oxygen atoms in total. The zero-order valence-electron chi connectivity index (χ0n) is 22.0. The summed E-state index contributed by atoms with van der Waals surface area (Å²) in [6.45, 7) is 4.58.